The predicted octanol–water partition coefficient (Wildman–Crippen LogP) is 7.41. The van der Waals surface area contributed by atoms with Gasteiger partial charge in [0, 0.05) is 47.1 Å². The predicted molar refractivity (Wildman–Crippen MR) is 184 cm³/mol. The van der Waals surface area contributed by atoms with Gasteiger partial charge in [-0.1, -0.05) is 52.5 Å². The second-order valence-electron chi connectivity index (χ2n) is 11.7. The number of likely N-dealkylation sites (tertiary alicyclic amines) is 1. The van der Waals surface area contributed by atoms with Gasteiger partial charge >= 0.3 is 0 Å². The standard InChI is InChI=1S/C19H15FN4O.C19H14FN3O.ClH/c1-24-10-9-17(24)19-22-18(23-25-19)16-8-7-14(12-21-16)6-5-13-3-2-4-15(20)11-13;20-16-6-1-3-13(11-16)7-8-14-9-10-17(21-12-14)18-22-19(24-23-18)15-4-2-5-15;/h2-4,7-8,11-12,17H,9-10H2,1H3;1,3,6,9-12,15H,2,4-5H2;1H. The summed E-state index contributed by atoms with van der Waals surface area (Å²) in [5.74, 6) is 13.9. The lowest BCUT2D eigenvalue weighted by molar-refractivity contribution is 0.0951. The van der Waals surface area contributed by atoms with Crippen molar-refractivity contribution in [3.63, 3.8) is 0 Å². The molecule has 1 saturated carbocycles. The first-order chi connectivity index (χ1) is 24.0. The first-order valence-corrected chi connectivity index (χ1v) is 15.8. The van der Waals surface area contributed by atoms with Gasteiger partial charge in [0.1, 0.15) is 23.0 Å². The molecular weight excluding hydrogens is 660 g/mol. The molecule has 50 heavy (non-hydrogen) atoms. The molecule has 4 aromatic heterocycles. The van der Waals surface area contributed by atoms with Crippen LogP contribution in [0.5, 0.6) is 0 Å². The van der Waals surface area contributed by atoms with Crippen LogP contribution in [0.1, 0.15) is 71.7 Å². The zero-order chi connectivity index (χ0) is 33.6. The minimum Gasteiger partial charge on any atom is -0.339 e. The molecule has 1 aliphatic heterocycles. The van der Waals surface area contributed by atoms with E-state index in [1.807, 2.05) is 25.2 Å². The van der Waals surface area contributed by atoms with Crippen LogP contribution in [0.15, 0.2) is 94.2 Å². The Bertz CT molecular complexity index is 2190. The lowest BCUT2D eigenvalue weighted by Crippen LogP contribution is -2.37. The molecule has 0 N–H and O–H groups in total. The zero-order valence-electron chi connectivity index (χ0n) is 26.9. The van der Waals surface area contributed by atoms with E-state index in [9.17, 15) is 8.78 Å². The van der Waals surface area contributed by atoms with E-state index in [1.165, 1.54) is 30.7 Å². The lowest BCUT2D eigenvalue weighted by atomic mass is 9.85. The molecular formula is C38H30ClF2N7O2. The number of benzene rings is 2. The molecule has 2 aliphatic rings. The van der Waals surface area contributed by atoms with Crippen LogP contribution in [0.2, 0.25) is 0 Å². The molecule has 12 heteroatoms. The van der Waals surface area contributed by atoms with Crippen molar-refractivity contribution >= 4 is 12.4 Å². The third-order valence-corrected chi connectivity index (χ3v) is 8.25. The smallest absolute Gasteiger partial charge is 0.244 e. The maximum Gasteiger partial charge on any atom is 0.244 e. The summed E-state index contributed by atoms with van der Waals surface area (Å²) in [5, 5.41) is 8.00. The van der Waals surface area contributed by atoms with Crippen molar-refractivity contribution in [2.75, 3.05) is 13.6 Å². The molecule has 1 aliphatic carbocycles. The molecule has 2 aromatic carbocycles. The van der Waals surface area contributed by atoms with E-state index in [4.69, 9.17) is 9.05 Å². The third kappa shape index (κ3) is 8.27. The van der Waals surface area contributed by atoms with Crippen molar-refractivity contribution in [1.82, 2.24) is 35.1 Å². The van der Waals surface area contributed by atoms with Gasteiger partial charge in [-0.15, -0.1) is 12.4 Å². The van der Waals surface area contributed by atoms with E-state index >= 15 is 0 Å². The Labute approximate surface area is 293 Å². The van der Waals surface area contributed by atoms with E-state index in [0.717, 1.165) is 36.9 Å². The topological polar surface area (TPSA) is 107 Å². The van der Waals surface area contributed by atoms with Crippen molar-refractivity contribution in [2.45, 2.75) is 37.6 Å². The average molecular weight is 690 g/mol. The average Bonchev–Trinajstić information content (AvgIpc) is 3.77. The summed E-state index contributed by atoms with van der Waals surface area (Å²) < 4.78 is 36.9. The Balaban J connectivity index is 0.000000170. The largest absolute Gasteiger partial charge is 0.339 e. The summed E-state index contributed by atoms with van der Waals surface area (Å²) in [6.07, 6.45) is 7.78. The zero-order valence-corrected chi connectivity index (χ0v) is 27.7. The molecule has 6 aromatic rings. The van der Waals surface area contributed by atoms with Gasteiger partial charge in [0.2, 0.25) is 23.4 Å². The quantitative estimate of drug-likeness (QED) is 0.175. The number of hydrogen-bond donors (Lipinski definition) is 0. The number of aromatic nitrogens is 6. The van der Waals surface area contributed by atoms with Crippen LogP contribution in [0, 0.1) is 35.3 Å². The molecule has 0 spiro atoms. The summed E-state index contributed by atoms with van der Waals surface area (Å²) in [6, 6.07) is 19.9. The van der Waals surface area contributed by atoms with Gasteiger partial charge in [-0.25, -0.2) is 8.78 Å². The summed E-state index contributed by atoms with van der Waals surface area (Å²) >= 11 is 0. The van der Waals surface area contributed by atoms with Crippen molar-refractivity contribution < 1.29 is 17.8 Å². The highest BCUT2D eigenvalue weighted by atomic mass is 35.5. The number of halogens is 3. The molecule has 8 rings (SSSR count). The monoisotopic (exact) mass is 689 g/mol. The Kier molecular flexibility index (Phi) is 10.7. The van der Waals surface area contributed by atoms with E-state index in [-0.39, 0.29) is 30.1 Å². The van der Waals surface area contributed by atoms with E-state index in [2.05, 4.69) is 58.8 Å². The summed E-state index contributed by atoms with van der Waals surface area (Å²) in [7, 11) is 2.03. The van der Waals surface area contributed by atoms with Crippen LogP contribution in [0.25, 0.3) is 23.0 Å². The second kappa shape index (κ2) is 15.6. The van der Waals surface area contributed by atoms with Crippen molar-refractivity contribution in [3.05, 3.63) is 131 Å². The molecule has 1 atom stereocenters. The third-order valence-electron chi connectivity index (χ3n) is 8.25. The fourth-order valence-electron chi connectivity index (χ4n) is 5.08. The van der Waals surface area contributed by atoms with Crippen LogP contribution in [0.3, 0.4) is 0 Å². The summed E-state index contributed by atoms with van der Waals surface area (Å²) in [4.78, 5) is 19.7. The van der Waals surface area contributed by atoms with Crippen molar-refractivity contribution in [3.8, 4) is 46.7 Å². The fraction of sp³-hybridized carbons (Fsp3) is 0.211. The van der Waals surface area contributed by atoms with Crippen molar-refractivity contribution in [1.29, 1.82) is 0 Å². The highest BCUT2D eigenvalue weighted by Gasteiger charge is 2.31. The molecule has 0 bridgehead atoms. The van der Waals surface area contributed by atoms with Crippen LogP contribution in [-0.2, 0) is 0 Å². The van der Waals surface area contributed by atoms with E-state index in [0.29, 0.717) is 51.9 Å². The summed E-state index contributed by atoms with van der Waals surface area (Å²) in [5.41, 5.74) is 4.01. The van der Waals surface area contributed by atoms with Crippen LogP contribution in [-0.4, -0.2) is 48.7 Å². The number of rotatable bonds is 4. The maximum absolute atomic E-state index is 13.1. The maximum atomic E-state index is 13.1. The minimum atomic E-state index is -0.301. The van der Waals surface area contributed by atoms with Gasteiger partial charge in [0.05, 0.1) is 6.04 Å². The highest BCUT2D eigenvalue weighted by Crippen LogP contribution is 2.36. The molecule has 0 amide bonds. The van der Waals surface area contributed by atoms with E-state index in [1.54, 1.807) is 42.7 Å². The van der Waals surface area contributed by atoms with Gasteiger partial charge in [0.15, 0.2) is 0 Å². The number of hydrogen-bond acceptors (Lipinski definition) is 9. The first-order valence-electron chi connectivity index (χ1n) is 15.8. The molecule has 2 fully saturated rings. The van der Waals surface area contributed by atoms with Crippen molar-refractivity contribution in [2.24, 2.45) is 0 Å². The molecule has 1 saturated heterocycles. The normalized spacial score (nSPS) is 15.1. The molecule has 5 heterocycles. The summed E-state index contributed by atoms with van der Waals surface area (Å²) in [6.45, 7) is 1.04. The SMILES string of the molecule is CN1CCC1c1nc(-c2ccc(C#Cc3cccc(F)c3)cn2)no1.Cl.Fc1cccc(C#Cc2ccc(-c3noc(C4CCC4)n3)nc2)c1. The Hall–Kier alpha value is -5.75. The van der Waals surface area contributed by atoms with E-state index < -0.39 is 0 Å². The van der Waals surface area contributed by atoms with Crippen LogP contribution >= 0.6 is 12.4 Å². The Morgan fingerprint density at radius 3 is 1.60 bits per heavy atom. The molecule has 250 valence electrons. The minimum absolute atomic E-state index is 0. The Morgan fingerprint density at radius 1 is 0.660 bits per heavy atom. The number of pyridine rings is 2. The molecule has 0 radical (unpaired) electrons. The van der Waals surface area contributed by atoms with Gasteiger partial charge in [-0.05, 0) is 87.0 Å². The molecule has 9 nitrogen and oxygen atoms in total. The van der Waals surface area contributed by atoms with Gasteiger partial charge in [-0.2, -0.15) is 9.97 Å². The fourth-order valence-corrected chi connectivity index (χ4v) is 5.08. The Morgan fingerprint density at radius 2 is 1.18 bits per heavy atom. The molecule has 1 unspecified atom stereocenters. The van der Waals surface area contributed by atoms with Gasteiger partial charge in [-0.3, -0.25) is 14.9 Å². The first kappa shape index (κ1) is 34.1. The van der Waals surface area contributed by atoms with Crippen LogP contribution < -0.4 is 0 Å². The highest BCUT2D eigenvalue weighted by molar-refractivity contribution is 5.85. The lowest BCUT2D eigenvalue weighted by Gasteiger charge is -2.34. The van der Waals surface area contributed by atoms with Gasteiger partial charge < -0.3 is 9.05 Å². The second-order valence-corrected chi connectivity index (χ2v) is 11.7. The van der Waals surface area contributed by atoms with Gasteiger partial charge in [0.25, 0.3) is 0 Å². The number of nitrogens with zero attached hydrogens (tertiary/aromatic N) is 7. The van der Waals surface area contributed by atoms with Crippen LogP contribution in [0.4, 0.5) is 8.78 Å².